The number of amides is 1. The van der Waals surface area contributed by atoms with Gasteiger partial charge in [0.1, 0.15) is 6.33 Å². The number of nitrogens with zero attached hydrogens (tertiary/aromatic N) is 3. The Morgan fingerprint density at radius 3 is 2.77 bits per heavy atom. The van der Waals surface area contributed by atoms with Crippen LogP contribution in [0.25, 0.3) is 0 Å². The van der Waals surface area contributed by atoms with Gasteiger partial charge in [0, 0.05) is 17.9 Å². The van der Waals surface area contributed by atoms with E-state index in [1.165, 1.54) is 32.3 Å². The van der Waals surface area contributed by atoms with Crippen LogP contribution in [0.3, 0.4) is 0 Å². The number of aromatic nitrogens is 3. The molecule has 2 heterocycles. The first-order chi connectivity index (χ1) is 12.7. The summed E-state index contributed by atoms with van der Waals surface area (Å²) in [5, 5.41) is 10.5. The molecule has 26 heavy (non-hydrogen) atoms. The predicted octanol–water partition coefficient (Wildman–Crippen LogP) is 2.95. The van der Waals surface area contributed by atoms with Crippen LogP contribution in [0.2, 0.25) is 0 Å². The van der Waals surface area contributed by atoms with Crippen molar-refractivity contribution in [3.63, 3.8) is 0 Å². The van der Waals surface area contributed by atoms with Crippen molar-refractivity contribution in [2.24, 2.45) is 5.92 Å². The average molecular weight is 374 g/mol. The Labute approximate surface area is 159 Å². The lowest BCUT2D eigenvalue weighted by molar-refractivity contribution is 0.0950. The van der Waals surface area contributed by atoms with Crippen molar-refractivity contribution in [3.05, 3.63) is 41.7 Å². The van der Waals surface area contributed by atoms with Gasteiger partial charge in [0.25, 0.3) is 5.91 Å². The Balaban J connectivity index is 1.35. The molecule has 1 aliphatic heterocycles. The molecule has 1 aliphatic rings. The van der Waals surface area contributed by atoms with Crippen LogP contribution in [0.15, 0.2) is 35.7 Å². The zero-order valence-electron chi connectivity index (χ0n) is 15.3. The van der Waals surface area contributed by atoms with Gasteiger partial charge < -0.3 is 10.2 Å². The molecule has 6 nitrogen and oxygen atoms in total. The summed E-state index contributed by atoms with van der Waals surface area (Å²) in [6.07, 6.45) is 5.11. The van der Waals surface area contributed by atoms with E-state index in [9.17, 15) is 4.79 Å². The number of aromatic amines is 1. The van der Waals surface area contributed by atoms with Crippen molar-refractivity contribution < 1.29 is 4.79 Å². The van der Waals surface area contributed by atoms with E-state index in [0.717, 1.165) is 41.9 Å². The van der Waals surface area contributed by atoms with Gasteiger partial charge in [0.05, 0.1) is 0 Å². The maximum absolute atomic E-state index is 12.2. The van der Waals surface area contributed by atoms with Crippen molar-refractivity contribution >= 4 is 17.7 Å². The van der Waals surface area contributed by atoms with Crippen LogP contribution >= 0.6 is 11.8 Å². The lowest BCUT2D eigenvalue weighted by Crippen LogP contribution is -2.35. The largest absolute Gasteiger partial charge is 0.352 e. The van der Waals surface area contributed by atoms with E-state index < -0.39 is 0 Å². The summed E-state index contributed by atoms with van der Waals surface area (Å²) >= 11 is 1.59. The Kier molecular flexibility index (Phi) is 7.08. The molecule has 2 aromatic rings. The Hall–Kier alpha value is -1.86. The highest BCUT2D eigenvalue weighted by Gasteiger charge is 2.15. The monoisotopic (exact) mass is 373 g/mol. The molecule has 140 valence electrons. The van der Waals surface area contributed by atoms with Gasteiger partial charge in [-0.1, -0.05) is 30.8 Å². The molecule has 0 bridgehead atoms. The average Bonchev–Trinajstić information content (AvgIpc) is 3.19. The highest BCUT2D eigenvalue weighted by atomic mass is 32.2. The molecule has 1 amide bonds. The van der Waals surface area contributed by atoms with E-state index in [1.54, 1.807) is 11.8 Å². The second kappa shape index (κ2) is 9.73. The van der Waals surface area contributed by atoms with E-state index in [0.29, 0.717) is 5.56 Å². The highest BCUT2D eigenvalue weighted by Crippen LogP contribution is 2.18. The number of rotatable bonds is 8. The first-order valence-corrected chi connectivity index (χ1v) is 10.3. The van der Waals surface area contributed by atoms with Crippen molar-refractivity contribution in [1.82, 2.24) is 25.4 Å². The van der Waals surface area contributed by atoms with Crippen LogP contribution in [0.4, 0.5) is 0 Å². The number of likely N-dealkylation sites (tertiary alicyclic amines) is 1. The summed E-state index contributed by atoms with van der Waals surface area (Å²) in [4.78, 5) is 18.8. The van der Waals surface area contributed by atoms with Crippen molar-refractivity contribution in [2.45, 2.75) is 37.1 Å². The van der Waals surface area contributed by atoms with Crippen LogP contribution in [-0.4, -0.2) is 52.2 Å². The molecule has 1 aromatic carbocycles. The summed E-state index contributed by atoms with van der Waals surface area (Å²) in [6, 6.07) is 7.76. The second-order valence-electron chi connectivity index (χ2n) is 6.91. The molecule has 0 atom stereocenters. The van der Waals surface area contributed by atoms with Crippen LogP contribution in [-0.2, 0) is 5.75 Å². The number of hydrogen-bond donors (Lipinski definition) is 2. The number of thioether (sulfide) groups is 1. The fraction of sp³-hybridized carbons (Fsp3) is 0.526. The van der Waals surface area contributed by atoms with Gasteiger partial charge in [0.2, 0.25) is 0 Å². The maximum Gasteiger partial charge on any atom is 0.251 e. The van der Waals surface area contributed by atoms with Gasteiger partial charge in [-0.25, -0.2) is 4.98 Å². The maximum atomic E-state index is 12.2. The lowest BCUT2D eigenvalue weighted by atomic mass is 9.99. The Morgan fingerprint density at radius 2 is 2.08 bits per heavy atom. The smallest absolute Gasteiger partial charge is 0.251 e. The van der Waals surface area contributed by atoms with Crippen molar-refractivity contribution in [2.75, 3.05) is 26.2 Å². The number of nitrogens with one attached hydrogen (secondary N) is 2. The van der Waals surface area contributed by atoms with Gasteiger partial charge in [0.15, 0.2) is 5.16 Å². The molecule has 0 aliphatic carbocycles. The SMILES string of the molecule is CC1CCN(CCCNC(=O)c2ccc(CSc3ncn[nH]3)cc2)CC1. The molecule has 2 N–H and O–H groups in total. The minimum atomic E-state index is 0.00621. The molecule has 3 rings (SSSR count). The molecular formula is C19H27N5OS. The van der Waals surface area contributed by atoms with Gasteiger partial charge in [-0.2, -0.15) is 5.10 Å². The van der Waals surface area contributed by atoms with Crippen molar-refractivity contribution in [3.8, 4) is 0 Å². The van der Waals surface area contributed by atoms with Gasteiger partial charge in [-0.05, 0) is 62.5 Å². The number of carbonyl (C=O) groups is 1. The standard InChI is InChI=1S/C19H27N5OS/c1-15-7-11-24(12-8-15)10-2-9-20-18(25)17-5-3-16(4-6-17)13-26-19-21-14-22-23-19/h3-6,14-15H,2,7-13H2,1H3,(H,20,25)(H,21,22,23). The molecular weight excluding hydrogens is 346 g/mol. The number of hydrogen-bond acceptors (Lipinski definition) is 5. The first-order valence-electron chi connectivity index (χ1n) is 9.28. The summed E-state index contributed by atoms with van der Waals surface area (Å²) in [6.45, 7) is 6.53. The lowest BCUT2D eigenvalue weighted by Gasteiger charge is -2.30. The summed E-state index contributed by atoms with van der Waals surface area (Å²) < 4.78 is 0. The highest BCUT2D eigenvalue weighted by molar-refractivity contribution is 7.98. The topological polar surface area (TPSA) is 73.9 Å². The number of piperidine rings is 1. The van der Waals surface area contributed by atoms with E-state index in [1.807, 2.05) is 24.3 Å². The normalized spacial score (nSPS) is 15.9. The fourth-order valence-corrected chi connectivity index (χ4v) is 3.79. The number of carbonyl (C=O) groups excluding carboxylic acids is 1. The summed E-state index contributed by atoms with van der Waals surface area (Å²) in [5.74, 6) is 1.67. The first kappa shape index (κ1) is 18.9. The number of benzene rings is 1. The van der Waals surface area contributed by atoms with E-state index in [2.05, 4.69) is 32.3 Å². The minimum Gasteiger partial charge on any atom is -0.352 e. The third-order valence-electron chi connectivity index (χ3n) is 4.80. The molecule has 1 fully saturated rings. The molecule has 0 radical (unpaired) electrons. The van der Waals surface area contributed by atoms with Crippen LogP contribution in [0, 0.1) is 5.92 Å². The van der Waals surface area contributed by atoms with Gasteiger partial charge in [-0.15, -0.1) is 0 Å². The molecule has 1 aromatic heterocycles. The summed E-state index contributed by atoms with van der Waals surface area (Å²) in [5.41, 5.74) is 1.87. The van der Waals surface area contributed by atoms with Crippen LogP contribution in [0.1, 0.15) is 42.1 Å². The molecule has 0 saturated carbocycles. The van der Waals surface area contributed by atoms with Crippen LogP contribution in [0.5, 0.6) is 0 Å². The number of H-pyrrole nitrogens is 1. The van der Waals surface area contributed by atoms with Crippen LogP contribution < -0.4 is 5.32 Å². The zero-order chi connectivity index (χ0) is 18.2. The molecule has 1 saturated heterocycles. The Bertz CT molecular complexity index is 666. The fourth-order valence-electron chi connectivity index (χ4n) is 3.06. The third-order valence-corrected chi connectivity index (χ3v) is 5.75. The molecule has 0 spiro atoms. The zero-order valence-corrected chi connectivity index (χ0v) is 16.1. The van der Waals surface area contributed by atoms with Crippen molar-refractivity contribution in [1.29, 1.82) is 0 Å². The molecule has 0 unspecified atom stereocenters. The second-order valence-corrected chi connectivity index (χ2v) is 7.87. The minimum absolute atomic E-state index is 0.00621. The Morgan fingerprint density at radius 1 is 1.31 bits per heavy atom. The predicted molar refractivity (Wildman–Crippen MR) is 104 cm³/mol. The van der Waals surface area contributed by atoms with E-state index >= 15 is 0 Å². The molecule has 7 heteroatoms. The third kappa shape index (κ3) is 5.85. The van der Waals surface area contributed by atoms with Gasteiger partial charge in [-0.3, -0.25) is 9.89 Å². The summed E-state index contributed by atoms with van der Waals surface area (Å²) in [7, 11) is 0. The van der Waals surface area contributed by atoms with Gasteiger partial charge >= 0.3 is 0 Å². The van der Waals surface area contributed by atoms with E-state index in [4.69, 9.17) is 0 Å². The van der Waals surface area contributed by atoms with E-state index in [-0.39, 0.29) is 5.91 Å². The quantitative estimate of drug-likeness (QED) is 0.550.